The molecule has 0 aliphatic carbocycles. The fraction of sp³-hybridized carbons (Fsp3) is 0.273. The maximum atomic E-state index is 13.0. The van der Waals surface area contributed by atoms with Crippen LogP contribution in [0.2, 0.25) is 0 Å². The van der Waals surface area contributed by atoms with Crippen LogP contribution in [0, 0.1) is 12.7 Å². The van der Waals surface area contributed by atoms with Gasteiger partial charge in [-0.2, -0.15) is 0 Å². The average Bonchev–Trinajstić information content (AvgIpc) is 2.14. The number of carbonyl (C=O) groups excluding carboxylic acids is 2. The predicted octanol–water partition coefficient (Wildman–Crippen LogP) is 2.41. The van der Waals surface area contributed by atoms with E-state index in [2.05, 4.69) is 5.32 Å². The van der Waals surface area contributed by atoms with Crippen molar-refractivity contribution >= 4 is 29.2 Å². The second-order valence-electron chi connectivity index (χ2n) is 3.58. The average molecular weight is 259 g/mol. The summed E-state index contributed by atoms with van der Waals surface area (Å²) in [5, 5.41) is 3.55. The molecule has 2 N–H and O–H groups in total. The first kappa shape index (κ1) is 13.4. The van der Waals surface area contributed by atoms with E-state index < -0.39 is 23.1 Å². The molecule has 0 spiro atoms. The number of nitrogens with one attached hydrogen (secondary N) is 2. The molecule has 4 nitrogen and oxygen atoms in total. The third-order valence-electron chi connectivity index (χ3n) is 1.90. The first-order valence-electron chi connectivity index (χ1n) is 4.91. The lowest BCUT2D eigenvalue weighted by atomic mass is 10.2. The van der Waals surface area contributed by atoms with Crippen molar-refractivity contribution in [3.8, 4) is 0 Å². The number of halogens is 2. The second-order valence-corrected chi connectivity index (χ2v) is 4.23. The molecule has 1 aromatic carbocycles. The molecule has 1 atom stereocenters. The van der Waals surface area contributed by atoms with Crippen LogP contribution in [0.25, 0.3) is 0 Å². The molecule has 1 rings (SSSR count). The monoisotopic (exact) mass is 258 g/mol. The largest absolute Gasteiger partial charge is 0.325 e. The Hall–Kier alpha value is -1.62. The first-order chi connectivity index (χ1) is 7.88. The molecule has 1 unspecified atom stereocenters. The minimum atomic E-state index is -0.810. The van der Waals surface area contributed by atoms with Gasteiger partial charge in [-0.05, 0) is 37.6 Å². The van der Waals surface area contributed by atoms with Crippen molar-refractivity contribution in [2.75, 3.05) is 5.32 Å². The van der Waals surface area contributed by atoms with Crippen LogP contribution in [0.4, 0.5) is 14.9 Å². The summed E-state index contributed by atoms with van der Waals surface area (Å²) in [5.41, 5.74) is 0.937. The first-order valence-corrected chi connectivity index (χ1v) is 5.35. The van der Waals surface area contributed by atoms with E-state index in [4.69, 9.17) is 11.6 Å². The normalized spacial score (nSPS) is 11.8. The van der Waals surface area contributed by atoms with E-state index in [0.717, 1.165) is 6.07 Å². The van der Waals surface area contributed by atoms with Crippen molar-refractivity contribution in [2.24, 2.45) is 0 Å². The molecule has 1 aromatic rings. The third kappa shape index (κ3) is 4.40. The van der Waals surface area contributed by atoms with Gasteiger partial charge in [-0.15, -0.1) is 11.6 Å². The summed E-state index contributed by atoms with van der Waals surface area (Å²) in [6, 6.07) is 3.32. The van der Waals surface area contributed by atoms with Crippen LogP contribution in [0.1, 0.15) is 12.5 Å². The van der Waals surface area contributed by atoms with Crippen LogP contribution >= 0.6 is 11.6 Å². The number of hydrogen-bond acceptors (Lipinski definition) is 2. The maximum absolute atomic E-state index is 13.0. The van der Waals surface area contributed by atoms with E-state index in [1.807, 2.05) is 5.32 Å². The lowest BCUT2D eigenvalue weighted by Gasteiger charge is -2.08. The van der Waals surface area contributed by atoms with Crippen molar-refractivity contribution in [3.05, 3.63) is 29.6 Å². The Labute approximate surface area is 103 Å². The van der Waals surface area contributed by atoms with Gasteiger partial charge in [-0.25, -0.2) is 9.18 Å². The highest BCUT2D eigenvalue weighted by atomic mass is 35.5. The summed E-state index contributed by atoms with van der Waals surface area (Å²) in [5.74, 6) is -1.07. The summed E-state index contributed by atoms with van der Waals surface area (Å²) >= 11 is 5.47. The number of urea groups is 1. The number of benzene rings is 1. The second kappa shape index (κ2) is 5.63. The van der Waals surface area contributed by atoms with Crippen LogP contribution in [-0.4, -0.2) is 17.3 Å². The SMILES string of the molecule is Cc1cc(F)cc(NC(=O)NC(=O)C(C)Cl)c1. The third-order valence-corrected chi connectivity index (χ3v) is 2.10. The van der Waals surface area contributed by atoms with Crippen LogP contribution in [0.3, 0.4) is 0 Å². The Bertz CT molecular complexity index is 429. The molecule has 0 heterocycles. The van der Waals surface area contributed by atoms with Gasteiger partial charge in [0.25, 0.3) is 0 Å². The van der Waals surface area contributed by atoms with Crippen LogP contribution in [-0.2, 0) is 4.79 Å². The molecule has 0 saturated carbocycles. The van der Waals surface area contributed by atoms with Gasteiger partial charge in [0.2, 0.25) is 5.91 Å². The number of aryl methyl sites for hydroxylation is 1. The number of hydrogen-bond donors (Lipinski definition) is 2. The standard InChI is InChI=1S/C11H12ClFN2O2/c1-6-3-8(13)5-9(4-6)14-11(17)15-10(16)7(2)12/h3-5,7H,1-2H3,(H2,14,15,16,17). The summed E-state index contributed by atoms with van der Waals surface area (Å²) in [7, 11) is 0. The van der Waals surface area contributed by atoms with Crippen LogP contribution in [0.15, 0.2) is 18.2 Å². The Balaban J connectivity index is 2.65. The molecule has 6 heteroatoms. The molecule has 0 bridgehead atoms. The van der Waals surface area contributed by atoms with Gasteiger partial charge >= 0.3 is 6.03 Å². The molecule has 0 saturated heterocycles. The summed E-state index contributed by atoms with van der Waals surface area (Å²) in [6.07, 6.45) is 0. The van der Waals surface area contributed by atoms with Crippen LogP contribution < -0.4 is 10.6 Å². The lowest BCUT2D eigenvalue weighted by molar-refractivity contribution is -0.119. The molecule has 0 aromatic heterocycles. The maximum Gasteiger partial charge on any atom is 0.325 e. The number of amides is 3. The highest BCUT2D eigenvalue weighted by Crippen LogP contribution is 2.12. The van der Waals surface area contributed by atoms with Crippen molar-refractivity contribution in [1.82, 2.24) is 5.32 Å². The van der Waals surface area contributed by atoms with E-state index in [1.165, 1.54) is 13.0 Å². The molecule has 0 fully saturated rings. The zero-order valence-corrected chi connectivity index (χ0v) is 10.1. The topological polar surface area (TPSA) is 58.2 Å². The van der Waals surface area contributed by atoms with Gasteiger partial charge in [-0.3, -0.25) is 10.1 Å². The minimum Gasteiger partial charge on any atom is -0.308 e. The van der Waals surface area contributed by atoms with E-state index >= 15 is 0 Å². The Morgan fingerprint density at radius 3 is 2.53 bits per heavy atom. The molecule has 0 aliphatic heterocycles. The zero-order chi connectivity index (χ0) is 13.0. The highest BCUT2D eigenvalue weighted by molar-refractivity contribution is 6.31. The molecular weight excluding hydrogens is 247 g/mol. The van der Waals surface area contributed by atoms with Gasteiger partial charge in [0, 0.05) is 5.69 Å². The number of anilines is 1. The molecular formula is C11H12ClFN2O2. The molecule has 17 heavy (non-hydrogen) atoms. The van der Waals surface area contributed by atoms with Crippen LogP contribution in [0.5, 0.6) is 0 Å². The van der Waals surface area contributed by atoms with E-state index in [9.17, 15) is 14.0 Å². The predicted molar refractivity (Wildman–Crippen MR) is 63.6 cm³/mol. The van der Waals surface area contributed by atoms with E-state index in [-0.39, 0.29) is 5.69 Å². The van der Waals surface area contributed by atoms with Crippen molar-refractivity contribution in [1.29, 1.82) is 0 Å². The van der Waals surface area contributed by atoms with Gasteiger partial charge in [0.05, 0.1) is 0 Å². The molecule has 0 radical (unpaired) electrons. The zero-order valence-electron chi connectivity index (χ0n) is 9.38. The fourth-order valence-corrected chi connectivity index (χ4v) is 1.24. The number of imide groups is 1. The highest BCUT2D eigenvalue weighted by Gasteiger charge is 2.13. The number of alkyl halides is 1. The summed E-state index contributed by atoms with van der Waals surface area (Å²) < 4.78 is 13.0. The minimum absolute atomic E-state index is 0.273. The Morgan fingerprint density at radius 2 is 2.00 bits per heavy atom. The van der Waals surface area contributed by atoms with Crippen molar-refractivity contribution in [2.45, 2.75) is 19.2 Å². The van der Waals surface area contributed by atoms with Crippen molar-refractivity contribution in [3.63, 3.8) is 0 Å². The van der Waals surface area contributed by atoms with E-state index in [1.54, 1.807) is 13.0 Å². The van der Waals surface area contributed by atoms with E-state index in [0.29, 0.717) is 5.56 Å². The Kier molecular flexibility index (Phi) is 4.45. The molecule has 3 amide bonds. The number of carbonyl (C=O) groups is 2. The molecule has 92 valence electrons. The smallest absolute Gasteiger partial charge is 0.308 e. The summed E-state index contributed by atoms with van der Waals surface area (Å²) in [4.78, 5) is 22.4. The summed E-state index contributed by atoms with van der Waals surface area (Å²) in [6.45, 7) is 3.13. The van der Waals surface area contributed by atoms with Gasteiger partial charge in [0.15, 0.2) is 0 Å². The van der Waals surface area contributed by atoms with Gasteiger partial charge < -0.3 is 5.32 Å². The van der Waals surface area contributed by atoms with Gasteiger partial charge in [0.1, 0.15) is 11.2 Å². The lowest BCUT2D eigenvalue weighted by Crippen LogP contribution is -2.38. The number of rotatable bonds is 2. The van der Waals surface area contributed by atoms with Gasteiger partial charge in [-0.1, -0.05) is 0 Å². The quantitative estimate of drug-likeness (QED) is 0.801. The van der Waals surface area contributed by atoms with Crippen molar-refractivity contribution < 1.29 is 14.0 Å². The fourth-order valence-electron chi connectivity index (χ4n) is 1.18. The molecule has 0 aliphatic rings. The Morgan fingerprint density at radius 1 is 1.35 bits per heavy atom.